The third-order valence-electron chi connectivity index (χ3n) is 5.75. The molecule has 0 saturated heterocycles. The highest BCUT2D eigenvalue weighted by Crippen LogP contribution is 2.88. The molecular weight excluding hydrogens is 318 g/mol. The van der Waals surface area contributed by atoms with Gasteiger partial charge in [0.15, 0.2) is 0 Å². The molecule has 0 radical (unpaired) electrons. The average Bonchev–Trinajstić information content (AvgIpc) is 2.54. The van der Waals surface area contributed by atoms with E-state index in [2.05, 4.69) is 13.8 Å². The van der Waals surface area contributed by atoms with E-state index in [4.69, 9.17) is 23.6 Å². The van der Waals surface area contributed by atoms with Crippen LogP contribution >= 0.6 is 11.5 Å². The largest absolute Gasteiger partial charge is 0.0919 e. The van der Waals surface area contributed by atoms with Crippen LogP contribution in [0.4, 0.5) is 0 Å². The van der Waals surface area contributed by atoms with E-state index in [1.807, 2.05) is 0 Å². The highest BCUT2D eigenvalue weighted by molar-refractivity contribution is 8.66. The van der Waals surface area contributed by atoms with Crippen molar-refractivity contribution in [3.8, 4) is 0 Å². The Bertz CT molecular complexity index is 363. The van der Waals surface area contributed by atoms with E-state index in [1.165, 1.54) is 76.5 Å². The van der Waals surface area contributed by atoms with E-state index in [1.54, 1.807) is 0 Å². The van der Waals surface area contributed by atoms with Gasteiger partial charge in [0.25, 0.3) is 0 Å². The molecule has 0 aromatic carbocycles. The number of hydrogen-bond acceptors (Lipinski definition) is 2. The lowest BCUT2D eigenvalue weighted by Crippen LogP contribution is -2.24. The van der Waals surface area contributed by atoms with E-state index in [9.17, 15) is 0 Å². The van der Waals surface area contributed by atoms with Crippen molar-refractivity contribution in [1.82, 2.24) is 0 Å². The van der Waals surface area contributed by atoms with Gasteiger partial charge in [-0.25, -0.2) is 0 Å². The Kier molecular flexibility index (Phi) is 6.81. The van der Waals surface area contributed by atoms with Crippen LogP contribution in [0.5, 0.6) is 0 Å². The van der Waals surface area contributed by atoms with Gasteiger partial charge in [0.1, 0.15) is 0 Å². The van der Waals surface area contributed by atoms with Gasteiger partial charge >= 0.3 is 0 Å². The molecule has 0 bridgehead atoms. The molecule has 2 fully saturated rings. The summed E-state index contributed by atoms with van der Waals surface area (Å²) in [5, 5.41) is 0. The van der Waals surface area contributed by atoms with Gasteiger partial charge < -0.3 is 0 Å². The Morgan fingerprint density at radius 1 is 0.700 bits per heavy atom. The summed E-state index contributed by atoms with van der Waals surface area (Å²) in [5.74, 6) is 0. The molecule has 20 heavy (non-hydrogen) atoms. The lowest BCUT2D eigenvalue weighted by molar-refractivity contribution is 0.487. The van der Waals surface area contributed by atoms with Crippen LogP contribution in [0, 0.1) is 0 Å². The SMILES string of the molecule is CCP(=S)(CC)P(=S)(C1CCCCC1)C1CCCCC1. The highest BCUT2D eigenvalue weighted by atomic mass is 32.8. The maximum absolute atomic E-state index is 6.63. The van der Waals surface area contributed by atoms with Crippen molar-refractivity contribution in [2.75, 3.05) is 12.3 Å². The normalized spacial score (nSPS) is 23.9. The Morgan fingerprint density at radius 2 is 1.05 bits per heavy atom. The minimum absolute atomic E-state index is 0.875. The first kappa shape index (κ1) is 17.7. The minimum Gasteiger partial charge on any atom is -0.0919 e. The Labute approximate surface area is 136 Å². The molecule has 2 aliphatic carbocycles. The summed E-state index contributed by atoms with van der Waals surface area (Å²) in [6.45, 7) is 4.72. The maximum Gasteiger partial charge on any atom is -0.00713 e. The summed E-state index contributed by atoms with van der Waals surface area (Å²) >= 11 is 13.0. The lowest BCUT2D eigenvalue weighted by atomic mass is 10.00. The molecule has 2 saturated carbocycles. The molecule has 118 valence electrons. The predicted octanol–water partition coefficient (Wildman–Crippen LogP) is 6.57. The third kappa shape index (κ3) is 3.29. The second kappa shape index (κ2) is 7.72. The molecular formula is C16H32P2S2. The molecule has 2 aliphatic rings. The van der Waals surface area contributed by atoms with Crippen molar-refractivity contribution < 1.29 is 0 Å². The zero-order valence-corrected chi connectivity index (χ0v) is 16.8. The summed E-state index contributed by atoms with van der Waals surface area (Å²) in [5.41, 5.74) is -0.864. The second-order valence-corrected chi connectivity index (χ2v) is 22.3. The molecule has 0 aromatic rings. The molecule has 0 N–H and O–H groups in total. The van der Waals surface area contributed by atoms with Crippen LogP contribution in [0.15, 0.2) is 0 Å². The van der Waals surface area contributed by atoms with Crippen molar-refractivity contribution in [2.24, 2.45) is 0 Å². The monoisotopic (exact) mass is 350 g/mol. The van der Waals surface area contributed by atoms with Gasteiger partial charge in [0.2, 0.25) is 0 Å². The van der Waals surface area contributed by atoms with Gasteiger partial charge in [0, 0.05) is 0 Å². The van der Waals surface area contributed by atoms with Crippen LogP contribution in [-0.2, 0) is 23.6 Å². The summed E-state index contributed by atoms with van der Waals surface area (Å²) in [6.07, 6.45) is 16.8. The third-order valence-corrected chi connectivity index (χ3v) is 28.6. The van der Waals surface area contributed by atoms with Crippen LogP contribution in [0.25, 0.3) is 0 Å². The Hall–Kier alpha value is 1.30. The van der Waals surface area contributed by atoms with Gasteiger partial charge in [-0.1, -0.05) is 76.0 Å². The molecule has 0 nitrogen and oxygen atoms in total. The van der Waals surface area contributed by atoms with Gasteiger partial charge in [-0.2, -0.15) is 0 Å². The van der Waals surface area contributed by atoms with Crippen LogP contribution < -0.4 is 0 Å². The molecule has 4 heteroatoms. The van der Waals surface area contributed by atoms with Crippen molar-refractivity contribution in [3.05, 3.63) is 0 Å². The van der Waals surface area contributed by atoms with Crippen LogP contribution in [0.1, 0.15) is 78.1 Å². The first-order valence-corrected chi connectivity index (χ1v) is 15.6. The van der Waals surface area contributed by atoms with Gasteiger partial charge in [0.05, 0.1) is 0 Å². The van der Waals surface area contributed by atoms with Crippen molar-refractivity contribution in [1.29, 1.82) is 0 Å². The molecule has 0 aliphatic heterocycles. The topological polar surface area (TPSA) is 0 Å². The highest BCUT2D eigenvalue weighted by Gasteiger charge is 2.44. The van der Waals surface area contributed by atoms with Crippen molar-refractivity contribution in [3.63, 3.8) is 0 Å². The summed E-state index contributed by atoms with van der Waals surface area (Å²) in [4.78, 5) is 0. The summed E-state index contributed by atoms with van der Waals surface area (Å²) < 4.78 is 0. The summed E-state index contributed by atoms with van der Waals surface area (Å²) in [6, 6.07) is 0. The number of hydrogen-bond donors (Lipinski definition) is 0. The van der Waals surface area contributed by atoms with Crippen LogP contribution in [0.3, 0.4) is 0 Å². The van der Waals surface area contributed by atoms with Gasteiger partial charge in [-0.05, 0) is 60.8 Å². The van der Waals surface area contributed by atoms with Crippen molar-refractivity contribution in [2.45, 2.75) is 89.4 Å². The molecule has 0 unspecified atom stereocenters. The molecule has 0 spiro atoms. The maximum atomic E-state index is 6.63. The van der Waals surface area contributed by atoms with Crippen LogP contribution in [0.2, 0.25) is 0 Å². The van der Waals surface area contributed by atoms with E-state index in [-0.39, 0.29) is 0 Å². The van der Waals surface area contributed by atoms with E-state index in [0.717, 1.165) is 11.3 Å². The molecule has 0 atom stereocenters. The molecule has 0 aromatic heterocycles. The fourth-order valence-electron chi connectivity index (χ4n) is 4.46. The lowest BCUT2D eigenvalue weighted by Gasteiger charge is -2.47. The minimum atomic E-state index is -1.33. The van der Waals surface area contributed by atoms with Gasteiger partial charge in [-0.3, -0.25) is 0 Å². The predicted molar refractivity (Wildman–Crippen MR) is 103 cm³/mol. The molecule has 2 rings (SSSR count). The fourth-order valence-corrected chi connectivity index (χ4v) is 23.1. The second-order valence-electron chi connectivity index (χ2n) is 6.73. The molecule has 0 heterocycles. The smallest absolute Gasteiger partial charge is 0.00713 e. The van der Waals surface area contributed by atoms with E-state index < -0.39 is 11.5 Å². The standard InChI is InChI=1S/C16H32P2S2/c1-3-17(19,4-2)18(20,15-11-7-5-8-12-15)16-13-9-6-10-14-16/h15-16H,3-14H2,1-2H3. The Balaban J connectivity index is 2.35. The van der Waals surface area contributed by atoms with Crippen LogP contribution in [-0.4, -0.2) is 23.6 Å². The Morgan fingerprint density at radius 3 is 1.35 bits per heavy atom. The average molecular weight is 351 g/mol. The first-order chi connectivity index (χ1) is 9.58. The van der Waals surface area contributed by atoms with E-state index in [0.29, 0.717) is 0 Å². The van der Waals surface area contributed by atoms with E-state index >= 15 is 0 Å². The zero-order valence-electron chi connectivity index (χ0n) is 13.4. The quantitative estimate of drug-likeness (QED) is 0.515. The van der Waals surface area contributed by atoms with Crippen molar-refractivity contribution >= 4 is 35.1 Å². The first-order valence-electron chi connectivity index (χ1n) is 8.76. The molecule has 0 amide bonds. The van der Waals surface area contributed by atoms with Gasteiger partial charge in [-0.15, -0.1) is 0 Å². The number of rotatable bonds is 5. The summed E-state index contributed by atoms with van der Waals surface area (Å²) in [7, 11) is 0. The zero-order chi connectivity index (χ0) is 14.6. The fraction of sp³-hybridized carbons (Fsp3) is 1.00.